The largest absolute Gasteiger partial charge is 0.314 e. The average Bonchev–Trinajstić information content (AvgIpc) is 2.76. The first kappa shape index (κ1) is 16.2. The highest BCUT2D eigenvalue weighted by Crippen LogP contribution is 2.22. The number of nitrogens with one attached hydrogen (secondary N) is 1. The molecule has 3 nitrogen and oxygen atoms in total. The van der Waals surface area contributed by atoms with E-state index in [9.17, 15) is 0 Å². The topological polar surface area (TPSA) is 29.9 Å². The minimum absolute atomic E-state index is 0.247. The van der Waals surface area contributed by atoms with Crippen molar-refractivity contribution in [2.24, 2.45) is 5.41 Å². The van der Waals surface area contributed by atoms with Gasteiger partial charge in [-0.05, 0) is 30.7 Å². The van der Waals surface area contributed by atoms with Crippen molar-refractivity contribution in [2.75, 3.05) is 6.54 Å². The SMILES string of the molecule is CCC(CC)n1ccc(CC(C)(C)CNC(C)C)n1. The summed E-state index contributed by atoms with van der Waals surface area (Å²) in [5, 5.41) is 8.28. The molecule has 0 unspecified atom stereocenters. The van der Waals surface area contributed by atoms with Gasteiger partial charge in [-0.3, -0.25) is 4.68 Å². The van der Waals surface area contributed by atoms with Crippen LogP contribution in [-0.2, 0) is 6.42 Å². The maximum atomic E-state index is 4.75. The Kier molecular flexibility index (Phi) is 6.05. The smallest absolute Gasteiger partial charge is 0.0630 e. The van der Waals surface area contributed by atoms with E-state index in [4.69, 9.17) is 5.10 Å². The molecule has 0 spiro atoms. The highest BCUT2D eigenvalue weighted by molar-refractivity contribution is 5.03. The van der Waals surface area contributed by atoms with Crippen LogP contribution in [0, 0.1) is 5.41 Å². The standard InChI is InChI=1S/C16H31N3/c1-7-15(8-2)19-10-9-14(18-19)11-16(5,6)12-17-13(3)4/h9-10,13,15,17H,7-8,11-12H2,1-6H3. The molecule has 0 bridgehead atoms. The van der Waals surface area contributed by atoms with Gasteiger partial charge in [-0.15, -0.1) is 0 Å². The van der Waals surface area contributed by atoms with Crippen LogP contribution in [0.3, 0.4) is 0 Å². The van der Waals surface area contributed by atoms with Gasteiger partial charge in [0.2, 0.25) is 0 Å². The summed E-state index contributed by atoms with van der Waals surface area (Å²) in [6.07, 6.45) is 5.46. The van der Waals surface area contributed by atoms with E-state index in [1.807, 2.05) is 0 Å². The first-order chi connectivity index (χ1) is 8.88. The van der Waals surface area contributed by atoms with Gasteiger partial charge in [-0.25, -0.2) is 0 Å². The number of rotatable bonds is 8. The Morgan fingerprint density at radius 1 is 1.26 bits per heavy atom. The third-order valence-electron chi connectivity index (χ3n) is 3.63. The van der Waals surface area contributed by atoms with Gasteiger partial charge < -0.3 is 5.32 Å². The lowest BCUT2D eigenvalue weighted by atomic mass is 9.87. The fourth-order valence-electron chi connectivity index (χ4n) is 2.37. The molecule has 110 valence electrons. The maximum absolute atomic E-state index is 4.75. The average molecular weight is 265 g/mol. The molecule has 0 fully saturated rings. The second-order valence-electron chi connectivity index (χ2n) is 6.63. The number of aromatic nitrogens is 2. The Morgan fingerprint density at radius 2 is 1.89 bits per heavy atom. The van der Waals surface area contributed by atoms with Gasteiger partial charge in [0.1, 0.15) is 0 Å². The number of hydrogen-bond acceptors (Lipinski definition) is 2. The lowest BCUT2D eigenvalue weighted by Gasteiger charge is -2.25. The minimum Gasteiger partial charge on any atom is -0.314 e. The summed E-state index contributed by atoms with van der Waals surface area (Å²) < 4.78 is 2.14. The van der Waals surface area contributed by atoms with Crippen molar-refractivity contribution in [2.45, 2.75) is 72.9 Å². The molecule has 3 heteroatoms. The molecule has 0 radical (unpaired) electrons. The van der Waals surface area contributed by atoms with Crippen LogP contribution < -0.4 is 5.32 Å². The quantitative estimate of drug-likeness (QED) is 0.774. The van der Waals surface area contributed by atoms with Crippen LogP contribution in [0.15, 0.2) is 12.3 Å². The zero-order valence-electron chi connectivity index (χ0n) is 13.5. The van der Waals surface area contributed by atoms with Crippen molar-refractivity contribution in [1.82, 2.24) is 15.1 Å². The van der Waals surface area contributed by atoms with E-state index in [0.29, 0.717) is 12.1 Å². The Morgan fingerprint density at radius 3 is 2.42 bits per heavy atom. The molecule has 1 rings (SSSR count). The van der Waals surface area contributed by atoms with E-state index < -0.39 is 0 Å². The molecule has 1 heterocycles. The van der Waals surface area contributed by atoms with Crippen molar-refractivity contribution in [3.05, 3.63) is 18.0 Å². The predicted octanol–water partition coefficient (Wildman–Crippen LogP) is 3.81. The molecule has 1 N–H and O–H groups in total. The Hall–Kier alpha value is -0.830. The molecule has 0 aromatic carbocycles. The van der Waals surface area contributed by atoms with Crippen molar-refractivity contribution in [3.63, 3.8) is 0 Å². The summed E-state index contributed by atoms with van der Waals surface area (Å²) in [5.74, 6) is 0. The van der Waals surface area contributed by atoms with Crippen LogP contribution in [0.1, 0.15) is 66.1 Å². The van der Waals surface area contributed by atoms with Crippen LogP contribution in [0.4, 0.5) is 0 Å². The molecule has 0 saturated heterocycles. The van der Waals surface area contributed by atoms with E-state index in [1.165, 1.54) is 5.69 Å². The van der Waals surface area contributed by atoms with Crippen LogP contribution in [0.5, 0.6) is 0 Å². The van der Waals surface area contributed by atoms with Crippen LogP contribution in [0.2, 0.25) is 0 Å². The van der Waals surface area contributed by atoms with Gasteiger partial charge in [0.15, 0.2) is 0 Å². The van der Waals surface area contributed by atoms with E-state index in [0.717, 1.165) is 25.8 Å². The molecular formula is C16H31N3. The van der Waals surface area contributed by atoms with E-state index in [2.05, 4.69) is 63.8 Å². The molecule has 0 amide bonds. The van der Waals surface area contributed by atoms with Gasteiger partial charge >= 0.3 is 0 Å². The van der Waals surface area contributed by atoms with Crippen molar-refractivity contribution in [1.29, 1.82) is 0 Å². The molecule has 0 aliphatic carbocycles. The van der Waals surface area contributed by atoms with Gasteiger partial charge in [0.25, 0.3) is 0 Å². The fraction of sp³-hybridized carbons (Fsp3) is 0.812. The normalized spacial score (nSPS) is 12.6. The Labute approximate surface area is 118 Å². The van der Waals surface area contributed by atoms with Crippen LogP contribution in [-0.4, -0.2) is 22.4 Å². The van der Waals surface area contributed by atoms with E-state index >= 15 is 0 Å². The highest BCUT2D eigenvalue weighted by atomic mass is 15.3. The molecule has 1 aromatic rings. The monoisotopic (exact) mass is 265 g/mol. The first-order valence-electron chi connectivity index (χ1n) is 7.65. The molecule has 0 saturated carbocycles. The maximum Gasteiger partial charge on any atom is 0.0630 e. The number of nitrogens with zero attached hydrogens (tertiary/aromatic N) is 2. The van der Waals surface area contributed by atoms with Gasteiger partial charge in [0.05, 0.1) is 11.7 Å². The summed E-state index contributed by atoms with van der Waals surface area (Å²) in [5.41, 5.74) is 1.46. The van der Waals surface area contributed by atoms with Crippen LogP contribution >= 0.6 is 0 Å². The lowest BCUT2D eigenvalue weighted by Crippen LogP contribution is -2.35. The minimum atomic E-state index is 0.247. The van der Waals surface area contributed by atoms with Crippen LogP contribution in [0.25, 0.3) is 0 Å². The fourth-order valence-corrected chi connectivity index (χ4v) is 2.37. The van der Waals surface area contributed by atoms with Crippen molar-refractivity contribution < 1.29 is 0 Å². The molecule has 0 aliphatic heterocycles. The third kappa shape index (κ3) is 5.35. The molecule has 19 heavy (non-hydrogen) atoms. The van der Waals surface area contributed by atoms with E-state index in [-0.39, 0.29) is 5.41 Å². The first-order valence-corrected chi connectivity index (χ1v) is 7.65. The molecule has 0 atom stereocenters. The molecule has 1 aromatic heterocycles. The zero-order chi connectivity index (χ0) is 14.5. The lowest BCUT2D eigenvalue weighted by molar-refractivity contribution is 0.320. The highest BCUT2D eigenvalue weighted by Gasteiger charge is 2.20. The van der Waals surface area contributed by atoms with Gasteiger partial charge in [0, 0.05) is 18.8 Å². The predicted molar refractivity (Wildman–Crippen MR) is 82.5 cm³/mol. The summed E-state index contributed by atoms with van der Waals surface area (Å²) in [4.78, 5) is 0. The Balaban J connectivity index is 2.61. The molecule has 0 aliphatic rings. The summed E-state index contributed by atoms with van der Waals surface area (Å²) in [6.45, 7) is 14.5. The summed E-state index contributed by atoms with van der Waals surface area (Å²) >= 11 is 0. The third-order valence-corrected chi connectivity index (χ3v) is 3.63. The Bertz CT molecular complexity index is 362. The van der Waals surface area contributed by atoms with Crippen molar-refractivity contribution in [3.8, 4) is 0 Å². The van der Waals surface area contributed by atoms with E-state index in [1.54, 1.807) is 0 Å². The second-order valence-corrected chi connectivity index (χ2v) is 6.63. The zero-order valence-corrected chi connectivity index (χ0v) is 13.5. The summed E-state index contributed by atoms with van der Waals surface area (Å²) in [6, 6.07) is 3.27. The van der Waals surface area contributed by atoms with Gasteiger partial charge in [-0.2, -0.15) is 5.10 Å². The van der Waals surface area contributed by atoms with Crippen molar-refractivity contribution >= 4 is 0 Å². The second kappa shape index (κ2) is 7.09. The summed E-state index contributed by atoms with van der Waals surface area (Å²) in [7, 11) is 0. The molecular weight excluding hydrogens is 234 g/mol. The number of hydrogen-bond donors (Lipinski definition) is 1. The van der Waals surface area contributed by atoms with Gasteiger partial charge in [-0.1, -0.05) is 41.5 Å².